The summed E-state index contributed by atoms with van der Waals surface area (Å²) in [7, 11) is 0. The Balaban J connectivity index is 2.16. The van der Waals surface area contributed by atoms with E-state index in [0.717, 1.165) is 11.3 Å². The van der Waals surface area contributed by atoms with Crippen LogP contribution in [0.25, 0.3) is 0 Å². The fourth-order valence-electron chi connectivity index (χ4n) is 1.70. The molecule has 0 fully saturated rings. The normalized spacial score (nSPS) is 12.2. The summed E-state index contributed by atoms with van der Waals surface area (Å²) >= 11 is 11.8. The van der Waals surface area contributed by atoms with E-state index in [4.69, 9.17) is 23.2 Å². The van der Waals surface area contributed by atoms with Crippen molar-refractivity contribution in [3.8, 4) is 0 Å². The number of rotatable bonds is 3. The van der Waals surface area contributed by atoms with Crippen LogP contribution in [0.5, 0.6) is 0 Å². The number of halogens is 3. The summed E-state index contributed by atoms with van der Waals surface area (Å²) in [5.74, 6) is -0.240. The Hall–Kier alpha value is -1.25. The highest BCUT2D eigenvalue weighted by atomic mass is 35.5. The zero-order valence-corrected chi connectivity index (χ0v) is 11.3. The summed E-state index contributed by atoms with van der Waals surface area (Å²) in [4.78, 5) is 0. The van der Waals surface area contributed by atoms with Gasteiger partial charge in [-0.05, 0) is 42.8 Å². The number of hydrogen-bond acceptors (Lipinski definition) is 1. The molecule has 2 aromatic carbocycles. The van der Waals surface area contributed by atoms with Crippen molar-refractivity contribution in [3.63, 3.8) is 0 Å². The Kier molecular flexibility index (Phi) is 4.10. The third-order valence-corrected chi connectivity index (χ3v) is 3.39. The Labute approximate surface area is 116 Å². The van der Waals surface area contributed by atoms with Crippen molar-refractivity contribution in [1.82, 2.24) is 0 Å². The lowest BCUT2D eigenvalue weighted by Crippen LogP contribution is -2.06. The van der Waals surface area contributed by atoms with Gasteiger partial charge in [0.2, 0.25) is 0 Å². The molecule has 0 aliphatic heterocycles. The van der Waals surface area contributed by atoms with E-state index in [1.54, 1.807) is 18.2 Å². The first-order valence-electron chi connectivity index (χ1n) is 5.53. The van der Waals surface area contributed by atoms with E-state index in [1.807, 2.05) is 19.1 Å². The molecule has 0 saturated carbocycles. The Morgan fingerprint density at radius 2 is 1.83 bits per heavy atom. The van der Waals surface area contributed by atoms with Crippen LogP contribution in [0.15, 0.2) is 42.5 Å². The fraction of sp³-hybridized carbons (Fsp3) is 0.143. The summed E-state index contributed by atoms with van der Waals surface area (Å²) in [6.07, 6.45) is 0. The quantitative estimate of drug-likeness (QED) is 0.805. The third-order valence-electron chi connectivity index (χ3n) is 2.65. The standard InChI is InChI=1S/C14H12Cl2FN/c1-9(10-3-2-4-11(17)7-10)18-12-5-6-13(15)14(16)8-12/h2-9,18H,1H3. The van der Waals surface area contributed by atoms with Gasteiger partial charge in [0.15, 0.2) is 0 Å². The maximum Gasteiger partial charge on any atom is 0.123 e. The van der Waals surface area contributed by atoms with E-state index in [-0.39, 0.29) is 11.9 Å². The lowest BCUT2D eigenvalue weighted by molar-refractivity contribution is 0.623. The summed E-state index contributed by atoms with van der Waals surface area (Å²) in [6, 6.07) is 11.8. The second-order valence-corrected chi connectivity index (χ2v) is 4.86. The van der Waals surface area contributed by atoms with Gasteiger partial charge in [0.05, 0.1) is 10.0 Å². The van der Waals surface area contributed by atoms with Crippen LogP contribution in [-0.4, -0.2) is 0 Å². The molecule has 94 valence electrons. The summed E-state index contributed by atoms with van der Waals surface area (Å²) in [5, 5.41) is 4.25. The molecule has 0 aliphatic rings. The highest BCUT2D eigenvalue weighted by molar-refractivity contribution is 6.42. The van der Waals surface area contributed by atoms with Crippen LogP contribution < -0.4 is 5.32 Å². The van der Waals surface area contributed by atoms with Crippen molar-refractivity contribution in [2.75, 3.05) is 5.32 Å². The van der Waals surface area contributed by atoms with Gasteiger partial charge in [0.25, 0.3) is 0 Å². The van der Waals surface area contributed by atoms with E-state index in [0.29, 0.717) is 10.0 Å². The van der Waals surface area contributed by atoms with E-state index < -0.39 is 0 Å². The SMILES string of the molecule is CC(Nc1ccc(Cl)c(Cl)c1)c1cccc(F)c1. The van der Waals surface area contributed by atoms with Crippen LogP contribution in [0.4, 0.5) is 10.1 Å². The van der Waals surface area contributed by atoms with Gasteiger partial charge in [0, 0.05) is 11.7 Å². The highest BCUT2D eigenvalue weighted by Crippen LogP contribution is 2.27. The molecule has 0 heterocycles. The smallest absolute Gasteiger partial charge is 0.123 e. The van der Waals surface area contributed by atoms with Gasteiger partial charge in [-0.15, -0.1) is 0 Å². The maximum atomic E-state index is 13.1. The van der Waals surface area contributed by atoms with Crippen molar-refractivity contribution in [2.24, 2.45) is 0 Å². The molecule has 2 rings (SSSR count). The summed E-state index contributed by atoms with van der Waals surface area (Å²) < 4.78 is 13.1. The minimum absolute atomic E-state index is 0.0158. The molecule has 0 amide bonds. The molecule has 1 unspecified atom stereocenters. The molecule has 0 aromatic heterocycles. The van der Waals surface area contributed by atoms with Crippen molar-refractivity contribution < 1.29 is 4.39 Å². The lowest BCUT2D eigenvalue weighted by atomic mass is 10.1. The monoisotopic (exact) mass is 283 g/mol. The molecule has 1 nitrogen and oxygen atoms in total. The zero-order chi connectivity index (χ0) is 13.1. The molecular weight excluding hydrogens is 272 g/mol. The van der Waals surface area contributed by atoms with Gasteiger partial charge in [-0.25, -0.2) is 4.39 Å². The van der Waals surface area contributed by atoms with E-state index in [1.165, 1.54) is 12.1 Å². The van der Waals surface area contributed by atoms with Gasteiger partial charge in [-0.1, -0.05) is 35.3 Å². The van der Waals surface area contributed by atoms with Gasteiger partial charge in [-0.3, -0.25) is 0 Å². The Morgan fingerprint density at radius 3 is 2.50 bits per heavy atom. The van der Waals surface area contributed by atoms with Crippen molar-refractivity contribution in [1.29, 1.82) is 0 Å². The molecule has 2 aromatic rings. The number of benzene rings is 2. The first kappa shape index (κ1) is 13.2. The first-order valence-corrected chi connectivity index (χ1v) is 6.29. The van der Waals surface area contributed by atoms with Crippen LogP contribution >= 0.6 is 23.2 Å². The molecule has 0 spiro atoms. The average molecular weight is 284 g/mol. The van der Waals surface area contributed by atoms with E-state index >= 15 is 0 Å². The van der Waals surface area contributed by atoms with Crippen LogP contribution in [0.3, 0.4) is 0 Å². The molecule has 1 N–H and O–H groups in total. The Bertz CT molecular complexity index is 557. The largest absolute Gasteiger partial charge is 0.378 e. The molecule has 0 aliphatic carbocycles. The number of anilines is 1. The maximum absolute atomic E-state index is 13.1. The van der Waals surface area contributed by atoms with Gasteiger partial charge < -0.3 is 5.32 Å². The van der Waals surface area contributed by atoms with E-state index in [9.17, 15) is 4.39 Å². The summed E-state index contributed by atoms with van der Waals surface area (Å²) in [5.41, 5.74) is 1.72. The first-order chi connectivity index (χ1) is 8.56. The molecular formula is C14H12Cl2FN. The average Bonchev–Trinajstić information content (AvgIpc) is 2.34. The lowest BCUT2D eigenvalue weighted by Gasteiger charge is -2.16. The van der Waals surface area contributed by atoms with Crippen LogP contribution in [0.1, 0.15) is 18.5 Å². The predicted molar refractivity (Wildman–Crippen MR) is 74.9 cm³/mol. The topological polar surface area (TPSA) is 12.0 Å². The minimum Gasteiger partial charge on any atom is -0.378 e. The van der Waals surface area contributed by atoms with Gasteiger partial charge in [-0.2, -0.15) is 0 Å². The molecule has 4 heteroatoms. The predicted octanol–water partition coefficient (Wildman–Crippen LogP) is 5.31. The Morgan fingerprint density at radius 1 is 1.06 bits per heavy atom. The van der Waals surface area contributed by atoms with Gasteiger partial charge in [0.1, 0.15) is 5.82 Å². The molecule has 0 radical (unpaired) electrons. The van der Waals surface area contributed by atoms with Crippen LogP contribution in [-0.2, 0) is 0 Å². The van der Waals surface area contributed by atoms with Crippen molar-refractivity contribution in [3.05, 3.63) is 63.9 Å². The second kappa shape index (κ2) is 5.59. The number of nitrogens with one attached hydrogen (secondary N) is 1. The van der Waals surface area contributed by atoms with Crippen LogP contribution in [0, 0.1) is 5.82 Å². The van der Waals surface area contributed by atoms with E-state index in [2.05, 4.69) is 5.32 Å². The molecule has 1 atom stereocenters. The van der Waals surface area contributed by atoms with Crippen molar-refractivity contribution >= 4 is 28.9 Å². The van der Waals surface area contributed by atoms with Crippen LogP contribution in [0.2, 0.25) is 10.0 Å². The second-order valence-electron chi connectivity index (χ2n) is 4.05. The van der Waals surface area contributed by atoms with Gasteiger partial charge >= 0.3 is 0 Å². The minimum atomic E-state index is -0.240. The third kappa shape index (κ3) is 3.15. The molecule has 0 bridgehead atoms. The van der Waals surface area contributed by atoms with Crippen molar-refractivity contribution in [2.45, 2.75) is 13.0 Å². The molecule has 18 heavy (non-hydrogen) atoms. The zero-order valence-electron chi connectivity index (χ0n) is 9.75. The summed E-state index contributed by atoms with van der Waals surface area (Å²) in [6.45, 7) is 1.96. The molecule has 0 saturated heterocycles. The number of hydrogen-bond donors (Lipinski definition) is 1. The highest BCUT2D eigenvalue weighted by Gasteiger charge is 2.07. The fourth-order valence-corrected chi connectivity index (χ4v) is 1.99.